The molecule has 0 atom stereocenters. The molecule has 0 saturated carbocycles. The summed E-state index contributed by atoms with van der Waals surface area (Å²) in [5, 5.41) is 0. The number of anilines is 1. The van der Waals surface area contributed by atoms with E-state index < -0.39 is 5.79 Å². The fourth-order valence-corrected chi connectivity index (χ4v) is 5.77. The molecule has 0 N–H and O–H groups in total. The Morgan fingerprint density at radius 1 is 0.938 bits per heavy atom. The summed E-state index contributed by atoms with van der Waals surface area (Å²) in [6, 6.07) is 13.1. The molecule has 4 rings (SSSR count). The molecule has 0 amide bonds. The van der Waals surface area contributed by atoms with Crippen molar-refractivity contribution >= 4 is 17.6 Å². The van der Waals surface area contributed by atoms with Crippen molar-refractivity contribution in [3.8, 4) is 5.75 Å². The third-order valence-corrected chi connectivity index (χ3v) is 7.41. The Morgan fingerprint density at radius 2 is 1.69 bits per heavy atom. The molecule has 0 aliphatic carbocycles. The maximum atomic E-state index is 14.1. The third kappa shape index (κ3) is 4.75. The number of ether oxygens (including phenoxy) is 3. The normalized spacial score (nSPS) is 19.1. The van der Waals surface area contributed by atoms with Gasteiger partial charge in [-0.3, -0.25) is 4.90 Å². The number of hydrogen-bond acceptors (Lipinski definition) is 7. The first-order valence-electron chi connectivity index (χ1n) is 11.0. The van der Waals surface area contributed by atoms with E-state index in [-0.39, 0.29) is 5.82 Å². The molecule has 2 aromatic carbocycles. The van der Waals surface area contributed by atoms with Crippen molar-refractivity contribution in [2.45, 2.75) is 17.1 Å². The van der Waals surface area contributed by atoms with Crippen LogP contribution in [-0.2, 0) is 15.3 Å². The average Bonchev–Trinajstić information content (AvgIpc) is 2.84. The second-order valence-electron chi connectivity index (χ2n) is 8.08. The van der Waals surface area contributed by atoms with Crippen molar-refractivity contribution in [3.05, 3.63) is 53.8 Å². The van der Waals surface area contributed by atoms with Gasteiger partial charge in [0, 0.05) is 51.8 Å². The van der Waals surface area contributed by atoms with Crippen LogP contribution in [0.1, 0.15) is 12.0 Å². The number of benzene rings is 2. The summed E-state index contributed by atoms with van der Waals surface area (Å²) >= 11 is 1.73. The number of fused-ring (bicyclic) bond motifs is 1. The zero-order valence-electron chi connectivity index (χ0n) is 19.1. The molecule has 1 saturated heterocycles. The van der Waals surface area contributed by atoms with Crippen molar-refractivity contribution in [2.75, 3.05) is 72.0 Å². The standard InChI is InChI=1S/C24H32FN3O3S/c1-29-21-10-6-11-22-23(21)24(30-2,31-3)18-28(32-22)13-7-12-26-14-16-27(17-15-26)20-9-5-4-8-19(20)25/h4-6,8-11H,7,12-18H2,1-3H3. The van der Waals surface area contributed by atoms with Crippen molar-refractivity contribution in [1.82, 2.24) is 9.21 Å². The Bertz CT molecular complexity index is 904. The molecule has 174 valence electrons. The van der Waals surface area contributed by atoms with Crippen LogP contribution in [0.5, 0.6) is 5.75 Å². The Labute approximate surface area is 194 Å². The number of para-hydroxylation sites is 1. The zero-order chi connectivity index (χ0) is 22.6. The highest BCUT2D eigenvalue weighted by molar-refractivity contribution is 7.97. The fraction of sp³-hybridized carbons (Fsp3) is 0.500. The number of methoxy groups -OCH3 is 3. The van der Waals surface area contributed by atoms with Crippen LogP contribution in [0.2, 0.25) is 0 Å². The molecular weight excluding hydrogens is 429 g/mol. The molecule has 2 aliphatic heterocycles. The Hall–Kier alpha value is -1.84. The Kier molecular flexibility index (Phi) is 7.58. The van der Waals surface area contributed by atoms with Crippen LogP contribution < -0.4 is 9.64 Å². The van der Waals surface area contributed by atoms with E-state index in [9.17, 15) is 4.39 Å². The van der Waals surface area contributed by atoms with E-state index in [1.807, 2.05) is 24.3 Å². The van der Waals surface area contributed by atoms with Crippen molar-refractivity contribution in [1.29, 1.82) is 0 Å². The SMILES string of the molecule is COc1cccc2c1C(OC)(OC)CN(CCCN1CCN(c3ccccc3F)CC1)S2. The van der Waals surface area contributed by atoms with Gasteiger partial charge in [-0.05, 0) is 49.2 Å². The maximum Gasteiger partial charge on any atom is 0.213 e. The summed E-state index contributed by atoms with van der Waals surface area (Å²) in [5.41, 5.74) is 1.67. The van der Waals surface area contributed by atoms with E-state index >= 15 is 0 Å². The first-order valence-corrected chi connectivity index (χ1v) is 11.8. The number of nitrogens with zero attached hydrogens (tertiary/aromatic N) is 3. The highest BCUT2D eigenvalue weighted by Crippen LogP contribution is 2.46. The lowest BCUT2D eigenvalue weighted by Crippen LogP contribution is -2.48. The predicted octanol–water partition coefficient (Wildman–Crippen LogP) is 3.81. The first kappa shape index (κ1) is 23.3. The summed E-state index contributed by atoms with van der Waals surface area (Å²) in [6.07, 6.45) is 1.04. The van der Waals surface area contributed by atoms with Gasteiger partial charge >= 0.3 is 0 Å². The monoisotopic (exact) mass is 461 g/mol. The van der Waals surface area contributed by atoms with E-state index in [0.29, 0.717) is 12.2 Å². The van der Waals surface area contributed by atoms with Gasteiger partial charge in [-0.1, -0.05) is 18.2 Å². The summed E-state index contributed by atoms with van der Waals surface area (Å²) in [5.74, 6) is -0.204. The third-order valence-electron chi connectivity index (χ3n) is 6.31. The van der Waals surface area contributed by atoms with E-state index in [2.05, 4.69) is 20.2 Å². The van der Waals surface area contributed by atoms with Crippen LogP contribution >= 0.6 is 11.9 Å². The molecule has 2 aliphatic rings. The highest BCUT2D eigenvalue weighted by atomic mass is 32.2. The molecule has 0 aromatic heterocycles. The largest absolute Gasteiger partial charge is 0.496 e. The zero-order valence-corrected chi connectivity index (χ0v) is 19.9. The van der Waals surface area contributed by atoms with Gasteiger partial charge in [0.25, 0.3) is 0 Å². The molecule has 2 aromatic rings. The van der Waals surface area contributed by atoms with Crippen LogP contribution in [0.4, 0.5) is 10.1 Å². The average molecular weight is 462 g/mol. The van der Waals surface area contributed by atoms with Crippen molar-refractivity contribution < 1.29 is 18.6 Å². The smallest absolute Gasteiger partial charge is 0.213 e. The molecule has 0 unspecified atom stereocenters. The minimum Gasteiger partial charge on any atom is -0.496 e. The molecule has 0 radical (unpaired) electrons. The van der Waals surface area contributed by atoms with E-state index in [1.165, 1.54) is 6.07 Å². The van der Waals surface area contributed by atoms with Crippen LogP contribution in [-0.4, -0.2) is 76.3 Å². The van der Waals surface area contributed by atoms with Gasteiger partial charge in [-0.15, -0.1) is 0 Å². The van der Waals surface area contributed by atoms with E-state index in [1.54, 1.807) is 39.3 Å². The molecule has 8 heteroatoms. The maximum absolute atomic E-state index is 14.1. The van der Waals surface area contributed by atoms with Gasteiger partial charge in [-0.2, -0.15) is 0 Å². The Morgan fingerprint density at radius 3 is 2.38 bits per heavy atom. The molecule has 0 spiro atoms. The number of piperazine rings is 1. The molecule has 6 nitrogen and oxygen atoms in total. The quantitative estimate of drug-likeness (QED) is 0.437. The van der Waals surface area contributed by atoms with Gasteiger partial charge < -0.3 is 19.1 Å². The summed E-state index contributed by atoms with van der Waals surface area (Å²) in [6.45, 7) is 6.15. The molecular formula is C24H32FN3O3S. The number of hydrogen-bond donors (Lipinski definition) is 0. The summed E-state index contributed by atoms with van der Waals surface area (Å²) in [7, 11) is 5.04. The van der Waals surface area contributed by atoms with Gasteiger partial charge in [0.1, 0.15) is 11.6 Å². The number of halogens is 1. The van der Waals surface area contributed by atoms with Gasteiger partial charge in [-0.25, -0.2) is 8.70 Å². The van der Waals surface area contributed by atoms with Crippen LogP contribution in [0, 0.1) is 5.82 Å². The summed E-state index contributed by atoms with van der Waals surface area (Å²) in [4.78, 5) is 5.70. The van der Waals surface area contributed by atoms with E-state index in [0.717, 1.165) is 61.9 Å². The second-order valence-corrected chi connectivity index (χ2v) is 9.22. The minimum atomic E-state index is -0.849. The van der Waals surface area contributed by atoms with Crippen molar-refractivity contribution in [3.63, 3.8) is 0 Å². The van der Waals surface area contributed by atoms with Gasteiger partial charge in [0.2, 0.25) is 5.79 Å². The van der Waals surface area contributed by atoms with Crippen LogP contribution in [0.25, 0.3) is 0 Å². The van der Waals surface area contributed by atoms with E-state index in [4.69, 9.17) is 14.2 Å². The lowest BCUT2D eigenvalue weighted by molar-refractivity contribution is -0.223. The molecule has 0 bridgehead atoms. The second kappa shape index (κ2) is 10.4. The molecule has 32 heavy (non-hydrogen) atoms. The minimum absolute atomic E-state index is 0.139. The van der Waals surface area contributed by atoms with Gasteiger partial charge in [0.15, 0.2) is 0 Å². The molecule has 2 heterocycles. The summed E-state index contributed by atoms with van der Waals surface area (Å²) < 4.78 is 33.7. The van der Waals surface area contributed by atoms with Crippen LogP contribution in [0.3, 0.4) is 0 Å². The van der Waals surface area contributed by atoms with Gasteiger partial charge in [0.05, 0.1) is 24.9 Å². The lowest BCUT2D eigenvalue weighted by Gasteiger charge is -2.42. The predicted molar refractivity (Wildman–Crippen MR) is 126 cm³/mol. The van der Waals surface area contributed by atoms with Crippen molar-refractivity contribution in [2.24, 2.45) is 0 Å². The van der Waals surface area contributed by atoms with Crippen LogP contribution in [0.15, 0.2) is 47.4 Å². The Balaban J connectivity index is 1.32. The first-order chi connectivity index (χ1) is 15.6. The molecule has 1 fully saturated rings. The number of rotatable bonds is 8. The highest BCUT2D eigenvalue weighted by Gasteiger charge is 2.43. The lowest BCUT2D eigenvalue weighted by atomic mass is 10.0. The fourth-order valence-electron chi connectivity index (χ4n) is 4.55. The topological polar surface area (TPSA) is 37.4 Å².